The molecule has 0 saturated carbocycles. The van der Waals surface area contributed by atoms with Crippen LogP contribution in [0, 0.1) is 0 Å². The summed E-state index contributed by atoms with van der Waals surface area (Å²) < 4.78 is 29.5. The van der Waals surface area contributed by atoms with Gasteiger partial charge in [0.1, 0.15) is 5.82 Å². The molecule has 2 N–H and O–H groups in total. The quantitative estimate of drug-likeness (QED) is 0.612. The van der Waals surface area contributed by atoms with Gasteiger partial charge in [-0.05, 0) is 61.7 Å². The Morgan fingerprint density at radius 1 is 1.24 bits per heavy atom. The number of nitrogens with two attached hydrogens (primary N) is 1. The zero-order chi connectivity index (χ0) is 21.0. The summed E-state index contributed by atoms with van der Waals surface area (Å²) in [6, 6.07) is 7.28. The summed E-state index contributed by atoms with van der Waals surface area (Å²) in [5.74, 6) is 0.461. The first-order valence-electron chi connectivity index (χ1n) is 9.89. The minimum atomic E-state index is -3.48. The number of aryl methyl sites for hydroxylation is 1. The number of nitrogens with zero attached hydrogens (tertiary/aromatic N) is 2. The van der Waals surface area contributed by atoms with Crippen molar-refractivity contribution in [2.24, 2.45) is 5.73 Å². The lowest BCUT2D eigenvalue weighted by atomic mass is 10.1. The third-order valence-electron chi connectivity index (χ3n) is 5.26. The van der Waals surface area contributed by atoms with Gasteiger partial charge in [0.05, 0.1) is 9.93 Å². The molecule has 5 nitrogen and oxygen atoms in total. The SMILES string of the molecule is C=C(N)N(SC1=CCCC=C1Cl)C1CCN(S(=O)(=O)c2ccc(CC)cc2)CC1. The molecule has 1 aliphatic carbocycles. The summed E-state index contributed by atoms with van der Waals surface area (Å²) >= 11 is 7.83. The van der Waals surface area contributed by atoms with E-state index in [0.717, 1.165) is 34.8 Å². The third kappa shape index (κ3) is 5.20. The Labute approximate surface area is 183 Å². The fourth-order valence-electron chi connectivity index (χ4n) is 3.54. The monoisotopic (exact) mass is 453 g/mol. The molecule has 1 heterocycles. The molecule has 0 atom stereocenters. The largest absolute Gasteiger partial charge is 0.385 e. The molecule has 1 saturated heterocycles. The van der Waals surface area contributed by atoms with E-state index in [4.69, 9.17) is 17.3 Å². The van der Waals surface area contributed by atoms with E-state index in [1.54, 1.807) is 16.4 Å². The molecular formula is C21H28ClN3O2S2. The fourth-order valence-corrected chi connectivity index (χ4v) is 6.35. The number of rotatable bonds is 7. The van der Waals surface area contributed by atoms with Crippen LogP contribution in [0.15, 0.2) is 63.7 Å². The first kappa shape index (κ1) is 22.3. The highest BCUT2D eigenvalue weighted by Gasteiger charge is 2.32. The Morgan fingerprint density at radius 2 is 1.86 bits per heavy atom. The lowest BCUT2D eigenvalue weighted by Gasteiger charge is -2.38. The van der Waals surface area contributed by atoms with Gasteiger partial charge in [0.2, 0.25) is 10.0 Å². The van der Waals surface area contributed by atoms with Gasteiger partial charge in [-0.1, -0.05) is 49.4 Å². The van der Waals surface area contributed by atoms with E-state index < -0.39 is 10.0 Å². The third-order valence-corrected chi connectivity index (χ3v) is 8.96. The van der Waals surface area contributed by atoms with E-state index in [-0.39, 0.29) is 6.04 Å². The summed E-state index contributed by atoms with van der Waals surface area (Å²) in [6.07, 6.45) is 8.29. The van der Waals surface area contributed by atoms with Crippen LogP contribution in [0.2, 0.25) is 0 Å². The highest BCUT2D eigenvalue weighted by Crippen LogP contribution is 2.38. The summed E-state index contributed by atoms with van der Waals surface area (Å²) in [5.41, 5.74) is 7.18. The molecule has 158 valence electrons. The van der Waals surface area contributed by atoms with E-state index in [2.05, 4.69) is 19.6 Å². The van der Waals surface area contributed by atoms with Crippen molar-refractivity contribution < 1.29 is 8.42 Å². The van der Waals surface area contributed by atoms with Crippen molar-refractivity contribution in [3.05, 3.63) is 64.3 Å². The molecule has 3 rings (SSSR count). The predicted molar refractivity (Wildman–Crippen MR) is 122 cm³/mol. The second kappa shape index (κ2) is 9.60. The van der Waals surface area contributed by atoms with E-state index in [1.807, 2.05) is 22.5 Å². The number of halogens is 1. The average molecular weight is 454 g/mol. The molecule has 1 aliphatic heterocycles. The van der Waals surface area contributed by atoms with Crippen LogP contribution >= 0.6 is 23.5 Å². The Hall–Kier alpha value is -1.41. The van der Waals surface area contributed by atoms with Crippen LogP contribution in [0.25, 0.3) is 0 Å². The first-order chi connectivity index (χ1) is 13.8. The molecular weight excluding hydrogens is 426 g/mol. The van der Waals surface area contributed by atoms with E-state index in [9.17, 15) is 8.42 Å². The highest BCUT2D eigenvalue weighted by molar-refractivity contribution is 8.01. The molecule has 8 heteroatoms. The Balaban J connectivity index is 1.66. The van der Waals surface area contributed by atoms with Crippen molar-refractivity contribution in [1.82, 2.24) is 8.61 Å². The molecule has 0 amide bonds. The van der Waals surface area contributed by atoms with Gasteiger partial charge in [0, 0.05) is 24.0 Å². The van der Waals surface area contributed by atoms with Crippen molar-refractivity contribution in [1.29, 1.82) is 0 Å². The van der Waals surface area contributed by atoms with Crippen LogP contribution in [0.3, 0.4) is 0 Å². The van der Waals surface area contributed by atoms with Crippen molar-refractivity contribution in [2.75, 3.05) is 13.1 Å². The Morgan fingerprint density at radius 3 is 2.41 bits per heavy atom. The molecule has 0 spiro atoms. The summed E-state index contributed by atoms with van der Waals surface area (Å²) in [7, 11) is -3.48. The topological polar surface area (TPSA) is 66.6 Å². The molecule has 1 aromatic carbocycles. The maximum atomic E-state index is 13.0. The lowest BCUT2D eigenvalue weighted by Crippen LogP contribution is -2.45. The summed E-state index contributed by atoms with van der Waals surface area (Å²) in [5, 5.41) is 0.739. The number of hydrogen-bond acceptors (Lipinski definition) is 5. The van der Waals surface area contributed by atoms with Crippen molar-refractivity contribution in [3.63, 3.8) is 0 Å². The van der Waals surface area contributed by atoms with E-state index >= 15 is 0 Å². The first-order valence-corrected chi connectivity index (χ1v) is 12.5. The fraction of sp³-hybridized carbons (Fsp3) is 0.429. The van der Waals surface area contributed by atoms with E-state index in [0.29, 0.717) is 36.6 Å². The van der Waals surface area contributed by atoms with Gasteiger partial charge < -0.3 is 5.73 Å². The molecule has 0 unspecified atom stereocenters. The standard InChI is InChI=1S/C21H28ClN3O2S2/c1-3-17-8-10-19(11-9-17)29(26,27)24-14-12-18(13-15-24)25(16(2)23)28-21-7-5-4-6-20(21)22/h6-11,18H,2-5,12-15,23H2,1H3. The van der Waals surface area contributed by atoms with Gasteiger partial charge in [0.25, 0.3) is 0 Å². The highest BCUT2D eigenvalue weighted by atomic mass is 35.5. The van der Waals surface area contributed by atoms with Gasteiger partial charge in [-0.25, -0.2) is 8.42 Å². The normalized spacial score (nSPS) is 18.8. The van der Waals surface area contributed by atoms with Crippen LogP contribution in [0.4, 0.5) is 0 Å². The zero-order valence-electron chi connectivity index (χ0n) is 16.7. The van der Waals surface area contributed by atoms with Crippen LogP contribution in [0.1, 0.15) is 38.2 Å². The summed E-state index contributed by atoms with van der Waals surface area (Å²) in [6.45, 7) is 6.87. The molecule has 1 aromatic rings. The molecule has 29 heavy (non-hydrogen) atoms. The number of allylic oxidation sites excluding steroid dienone is 3. The second-order valence-corrected chi connectivity index (χ2v) is 10.6. The molecule has 2 aliphatic rings. The van der Waals surface area contributed by atoms with Gasteiger partial charge >= 0.3 is 0 Å². The maximum absolute atomic E-state index is 13.0. The van der Waals surface area contributed by atoms with E-state index in [1.165, 1.54) is 11.9 Å². The van der Waals surface area contributed by atoms with Gasteiger partial charge in [-0.15, -0.1) is 0 Å². The van der Waals surface area contributed by atoms with Crippen LogP contribution in [-0.2, 0) is 16.4 Å². The van der Waals surface area contributed by atoms with Crippen molar-refractivity contribution in [3.8, 4) is 0 Å². The molecule has 1 fully saturated rings. The number of sulfonamides is 1. The van der Waals surface area contributed by atoms with Crippen LogP contribution < -0.4 is 5.73 Å². The average Bonchev–Trinajstić information content (AvgIpc) is 2.73. The smallest absolute Gasteiger partial charge is 0.243 e. The number of piperidine rings is 1. The van der Waals surface area contributed by atoms with Gasteiger partial charge in [-0.3, -0.25) is 4.31 Å². The Bertz CT molecular complexity index is 902. The van der Waals surface area contributed by atoms with Gasteiger partial charge in [0.15, 0.2) is 0 Å². The summed E-state index contributed by atoms with van der Waals surface area (Å²) in [4.78, 5) is 1.34. The number of hydrogen-bond donors (Lipinski definition) is 1. The number of benzene rings is 1. The second-order valence-electron chi connectivity index (χ2n) is 7.24. The van der Waals surface area contributed by atoms with Crippen molar-refractivity contribution >= 4 is 33.6 Å². The maximum Gasteiger partial charge on any atom is 0.243 e. The molecule has 0 radical (unpaired) electrons. The molecule has 0 aromatic heterocycles. The van der Waals surface area contributed by atoms with Crippen LogP contribution in [0.5, 0.6) is 0 Å². The lowest BCUT2D eigenvalue weighted by molar-refractivity contribution is 0.252. The molecule has 0 bridgehead atoms. The predicted octanol–water partition coefficient (Wildman–Crippen LogP) is 4.58. The van der Waals surface area contributed by atoms with Crippen LogP contribution in [-0.4, -0.2) is 36.2 Å². The Kier molecular flexibility index (Phi) is 7.37. The zero-order valence-corrected chi connectivity index (χ0v) is 19.1. The minimum Gasteiger partial charge on any atom is -0.385 e. The minimum absolute atomic E-state index is 0.110. The van der Waals surface area contributed by atoms with Gasteiger partial charge in [-0.2, -0.15) is 4.31 Å². The van der Waals surface area contributed by atoms with Crippen molar-refractivity contribution in [2.45, 2.75) is 50.0 Å².